The number of hydrogen-bond acceptors (Lipinski definition) is 5. The lowest BCUT2D eigenvalue weighted by Gasteiger charge is -2.05. The first-order valence-electron chi connectivity index (χ1n) is 4.64. The average molecular weight is 313 g/mol. The molecule has 0 bridgehead atoms. The first-order valence-corrected chi connectivity index (χ1v) is 6.25. The number of aromatic nitrogens is 1. The third-order valence-corrected chi connectivity index (χ3v) is 3.41. The molecule has 7 heteroatoms. The van der Waals surface area contributed by atoms with Gasteiger partial charge in [0.05, 0.1) is 15.5 Å². The third kappa shape index (κ3) is 2.75. The zero-order valence-corrected chi connectivity index (χ0v) is 11.0. The quantitative estimate of drug-likeness (QED) is 0.742. The number of nitrogens with zero attached hydrogens (tertiary/aromatic N) is 1. The van der Waals surface area contributed by atoms with E-state index < -0.39 is 0 Å². The molecule has 1 aromatic heterocycles. The molecule has 2 aromatic rings. The van der Waals surface area contributed by atoms with Crippen LogP contribution in [0.1, 0.15) is 10.4 Å². The topological polar surface area (TPSA) is 94.0 Å². The van der Waals surface area contributed by atoms with E-state index in [1.54, 1.807) is 24.4 Å². The van der Waals surface area contributed by atoms with Gasteiger partial charge in [-0.1, -0.05) is 11.3 Å². The van der Waals surface area contributed by atoms with Crippen molar-refractivity contribution in [3.63, 3.8) is 0 Å². The van der Waals surface area contributed by atoms with Crippen LogP contribution in [0.25, 0.3) is 0 Å². The summed E-state index contributed by atoms with van der Waals surface area (Å²) in [5.74, 6) is -0.302. The van der Waals surface area contributed by atoms with E-state index in [0.29, 0.717) is 22.1 Å². The minimum absolute atomic E-state index is 0.302. The van der Waals surface area contributed by atoms with E-state index in [9.17, 15) is 4.79 Å². The monoisotopic (exact) mass is 312 g/mol. The Morgan fingerprint density at radius 3 is 2.76 bits per heavy atom. The van der Waals surface area contributed by atoms with Crippen LogP contribution < -0.4 is 16.8 Å². The van der Waals surface area contributed by atoms with Crippen molar-refractivity contribution < 1.29 is 4.79 Å². The first kappa shape index (κ1) is 11.9. The summed E-state index contributed by atoms with van der Waals surface area (Å²) in [7, 11) is 0. The maximum Gasteiger partial charge on any atom is 0.259 e. The van der Waals surface area contributed by atoms with Gasteiger partial charge in [-0.05, 0) is 34.1 Å². The molecule has 0 aliphatic heterocycles. The number of nitrogens with one attached hydrogen (secondary N) is 1. The number of amides is 1. The predicted octanol–water partition coefficient (Wildman–Crippen LogP) is 2.32. The number of benzene rings is 1. The molecule has 17 heavy (non-hydrogen) atoms. The number of nitrogens with two attached hydrogens (primary N) is 2. The van der Waals surface area contributed by atoms with Crippen LogP contribution in [0.4, 0.5) is 16.5 Å². The fourth-order valence-electron chi connectivity index (χ4n) is 1.26. The summed E-state index contributed by atoms with van der Waals surface area (Å²) in [6.07, 6.45) is 1.62. The number of hydrogen-bond donors (Lipinski definition) is 3. The third-order valence-electron chi connectivity index (χ3n) is 2.02. The molecular weight excluding hydrogens is 304 g/mol. The molecule has 0 spiro atoms. The van der Waals surface area contributed by atoms with Crippen LogP contribution in [0.15, 0.2) is 28.2 Å². The van der Waals surface area contributed by atoms with Crippen molar-refractivity contribution in [2.45, 2.75) is 0 Å². The van der Waals surface area contributed by atoms with Gasteiger partial charge in [0.25, 0.3) is 5.91 Å². The number of nitrogen functional groups attached to an aromatic ring is 2. The largest absolute Gasteiger partial charge is 0.399 e. The summed E-state index contributed by atoms with van der Waals surface area (Å²) in [5, 5.41) is 3.17. The number of rotatable bonds is 2. The normalized spacial score (nSPS) is 10.2. The molecule has 0 fully saturated rings. The van der Waals surface area contributed by atoms with E-state index in [-0.39, 0.29) is 5.91 Å². The SMILES string of the molecule is Nc1ccc(C(=O)Nc2ncc(Br)s2)c(N)c1. The Hall–Kier alpha value is -1.60. The summed E-state index contributed by atoms with van der Waals surface area (Å²) in [4.78, 5) is 15.9. The smallest absolute Gasteiger partial charge is 0.259 e. The van der Waals surface area contributed by atoms with Gasteiger partial charge in [-0.15, -0.1) is 0 Å². The van der Waals surface area contributed by atoms with Crippen LogP contribution in [0.3, 0.4) is 0 Å². The van der Waals surface area contributed by atoms with Crippen LogP contribution in [0, 0.1) is 0 Å². The molecule has 2 rings (SSSR count). The van der Waals surface area contributed by atoms with Gasteiger partial charge >= 0.3 is 0 Å². The Balaban J connectivity index is 2.20. The highest BCUT2D eigenvalue weighted by atomic mass is 79.9. The van der Waals surface area contributed by atoms with Crippen LogP contribution in [-0.2, 0) is 0 Å². The summed E-state index contributed by atoms with van der Waals surface area (Å²) < 4.78 is 0.845. The highest BCUT2D eigenvalue weighted by Crippen LogP contribution is 2.24. The lowest BCUT2D eigenvalue weighted by atomic mass is 10.1. The highest BCUT2D eigenvalue weighted by molar-refractivity contribution is 9.11. The molecule has 0 radical (unpaired) electrons. The second-order valence-corrected chi connectivity index (χ2v) is 5.68. The second-order valence-electron chi connectivity index (χ2n) is 3.27. The van der Waals surface area contributed by atoms with Crippen molar-refractivity contribution in [2.75, 3.05) is 16.8 Å². The van der Waals surface area contributed by atoms with E-state index >= 15 is 0 Å². The molecule has 1 amide bonds. The fourth-order valence-corrected chi connectivity index (χ4v) is 2.37. The molecule has 0 unspecified atom stereocenters. The van der Waals surface area contributed by atoms with Crippen molar-refractivity contribution in [1.82, 2.24) is 4.98 Å². The zero-order valence-electron chi connectivity index (χ0n) is 8.61. The number of thiazole rings is 1. The van der Waals surface area contributed by atoms with Crippen molar-refractivity contribution in [3.05, 3.63) is 33.7 Å². The van der Waals surface area contributed by atoms with E-state index in [0.717, 1.165) is 3.79 Å². The summed E-state index contributed by atoms with van der Waals surface area (Å²) >= 11 is 4.59. The Bertz CT molecular complexity index is 569. The molecule has 0 atom stereocenters. The number of carbonyl (C=O) groups excluding carboxylic acids is 1. The fraction of sp³-hybridized carbons (Fsp3) is 0. The summed E-state index contributed by atoms with van der Waals surface area (Å²) in [5.41, 5.74) is 12.5. The average Bonchev–Trinajstić information content (AvgIpc) is 2.63. The van der Waals surface area contributed by atoms with Gasteiger partial charge < -0.3 is 11.5 Å². The van der Waals surface area contributed by atoms with Crippen LogP contribution in [-0.4, -0.2) is 10.9 Å². The van der Waals surface area contributed by atoms with Gasteiger partial charge in [0.1, 0.15) is 0 Å². The Labute approximate surface area is 110 Å². The van der Waals surface area contributed by atoms with Gasteiger partial charge in [0.15, 0.2) is 5.13 Å². The standard InChI is InChI=1S/C10H9BrN4OS/c11-8-4-14-10(17-8)15-9(16)6-2-1-5(12)3-7(6)13/h1-4H,12-13H2,(H,14,15,16). The van der Waals surface area contributed by atoms with Gasteiger partial charge in [-0.3, -0.25) is 10.1 Å². The molecule has 1 heterocycles. The van der Waals surface area contributed by atoms with Gasteiger partial charge in [-0.25, -0.2) is 4.98 Å². The van der Waals surface area contributed by atoms with Crippen molar-refractivity contribution >= 4 is 49.7 Å². The summed E-state index contributed by atoms with van der Waals surface area (Å²) in [6.45, 7) is 0. The molecule has 5 nitrogen and oxygen atoms in total. The van der Waals surface area contributed by atoms with Crippen LogP contribution in [0.2, 0.25) is 0 Å². The lowest BCUT2D eigenvalue weighted by Crippen LogP contribution is -2.14. The van der Waals surface area contributed by atoms with Crippen molar-refractivity contribution in [3.8, 4) is 0 Å². The minimum atomic E-state index is -0.302. The Morgan fingerprint density at radius 1 is 1.41 bits per heavy atom. The molecule has 88 valence electrons. The molecule has 0 aliphatic carbocycles. The zero-order chi connectivity index (χ0) is 12.4. The first-order chi connectivity index (χ1) is 8.06. The maximum atomic E-state index is 11.9. The lowest BCUT2D eigenvalue weighted by molar-refractivity contribution is 0.102. The van der Waals surface area contributed by atoms with Gasteiger partial charge in [0, 0.05) is 11.4 Å². The minimum Gasteiger partial charge on any atom is -0.399 e. The van der Waals surface area contributed by atoms with E-state index in [1.165, 1.54) is 11.3 Å². The van der Waals surface area contributed by atoms with E-state index in [1.807, 2.05) is 0 Å². The van der Waals surface area contributed by atoms with Crippen LogP contribution in [0.5, 0.6) is 0 Å². The number of anilines is 3. The number of halogens is 1. The highest BCUT2D eigenvalue weighted by Gasteiger charge is 2.11. The molecule has 1 aromatic carbocycles. The Kier molecular flexibility index (Phi) is 3.30. The molecule has 0 saturated heterocycles. The van der Waals surface area contributed by atoms with E-state index in [4.69, 9.17) is 11.5 Å². The van der Waals surface area contributed by atoms with E-state index in [2.05, 4.69) is 26.2 Å². The molecule has 5 N–H and O–H groups in total. The predicted molar refractivity (Wildman–Crippen MR) is 73.0 cm³/mol. The van der Waals surface area contributed by atoms with Gasteiger partial charge in [-0.2, -0.15) is 0 Å². The molecule has 0 aliphatic rings. The number of carbonyl (C=O) groups is 1. The second kappa shape index (κ2) is 4.72. The Morgan fingerprint density at radius 2 is 2.18 bits per heavy atom. The summed E-state index contributed by atoms with van der Waals surface area (Å²) in [6, 6.07) is 4.76. The van der Waals surface area contributed by atoms with Crippen molar-refractivity contribution in [1.29, 1.82) is 0 Å². The van der Waals surface area contributed by atoms with Gasteiger partial charge in [0.2, 0.25) is 0 Å². The maximum absolute atomic E-state index is 11.9. The van der Waals surface area contributed by atoms with Crippen molar-refractivity contribution in [2.24, 2.45) is 0 Å². The molecule has 0 saturated carbocycles. The van der Waals surface area contributed by atoms with Crippen LogP contribution >= 0.6 is 27.3 Å². The molecular formula is C10H9BrN4OS.